The van der Waals surface area contributed by atoms with Gasteiger partial charge in [-0.15, -0.1) is 0 Å². The van der Waals surface area contributed by atoms with Crippen molar-refractivity contribution in [3.63, 3.8) is 0 Å². The molecule has 0 bridgehead atoms. The van der Waals surface area contributed by atoms with E-state index in [0.29, 0.717) is 18.6 Å². The average Bonchev–Trinajstić information content (AvgIpc) is 3.17. The molecule has 0 spiro atoms. The van der Waals surface area contributed by atoms with Gasteiger partial charge in [0.15, 0.2) is 11.5 Å². The smallest absolute Gasteiger partial charge is 0.416 e. The average molecular weight is 415 g/mol. The van der Waals surface area contributed by atoms with Gasteiger partial charge in [-0.2, -0.15) is 17.5 Å². The van der Waals surface area contributed by atoms with E-state index < -0.39 is 27.8 Å². The van der Waals surface area contributed by atoms with E-state index >= 15 is 0 Å². The molecule has 1 aliphatic rings. The first-order valence-electron chi connectivity index (χ1n) is 8.60. The Hall–Kier alpha value is -2.26. The molecule has 1 saturated heterocycles. The molecule has 0 aromatic heterocycles. The van der Waals surface area contributed by atoms with Gasteiger partial charge in [-0.1, -0.05) is 18.2 Å². The van der Waals surface area contributed by atoms with Gasteiger partial charge in [0.1, 0.15) is 0 Å². The molecule has 1 atom stereocenters. The highest BCUT2D eigenvalue weighted by Crippen LogP contribution is 2.43. The van der Waals surface area contributed by atoms with Crippen LogP contribution in [0.4, 0.5) is 13.2 Å². The first-order chi connectivity index (χ1) is 13.2. The fourth-order valence-corrected chi connectivity index (χ4v) is 5.19. The number of hydrogen-bond donors (Lipinski definition) is 0. The van der Waals surface area contributed by atoms with Gasteiger partial charge < -0.3 is 9.47 Å². The summed E-state index contributed by atoms with van der Waals surface area (Å²) >= 11 is 0. The van der Waals surface area contributed by atoms with Crippen LogP contribution < -0.4 is 9.47 Å². The number of sulfonamides is 1. The number of ether oxygens (including phenoxy) is 2. The molecule has 1 fully saturated rings. The molecule has 1 heterocycles. The lowest BCUT2D eigenvalue weighted by molar-refractivity contribution is -0.138. The van der Waals surface area contributed by atoms with Gasteiger partial charge in [-0.3, -0.25) is 0 Å². The Labute approximate surface area is 161 Å². The van der Waals surface area contributed by atoms with Crippen molar-refractivity contribution in [2.24, 2.45) is 0 Å². The van der Waals surface area contributed by atoms with Gasteiger partial charge in [-0.05, 0) is 36.6 Å². The van der Waals surface area contributed by atoms with Gasteiger partial charge >= 0.3 is 6.18 Å². The van der Waals surface area contributed by atoms with Gasteiger partial charge in [0.2, 0.25) is 10.0 Å². The maximum Gasteiger partial charge on any atom is 0.416 e. The Bertz CT molecular complexity index is 960. The van der Waals surface area contributed by atoms with Crippen LogP contribution in [0.15, 0.2) is 47.4 Å². The lowest BCUT2D eigenvalue weighted by Gasteiger charge is -2.27. The molecule has 5 nitrogen and oxygen atoms in total. The van der Waals surface area contributed by atoms with E-state index in [9.17, 15) is 21.6 Å². The van der Waals surface area contributed by atoms with Crippen molar-refractivity contribution in [3.8, 4) is 11.5 Å². The highest BCUT2D eigenvalue weighted by atomic mass is 32.2. The van der Waals surface area contributed by atoms with Gasteiger partial charge in [-0.25, -0.2) is 8.42 Å². The van der Waals surface area contributed by atoms with E-state index in [-0.39, 0.29) is 22.8 Å². The molecule has 0 amide bonds. The molecule has 3 rings (SSSR count). The van der Waals surface area contributed by atoms with E-state index in [1.54, 1.807) is 0 Å². The number of halogens is 3. The molecule has 2 aromatic rings. The largest absolute Gasteiger partial charge is 0.493 e. The summed E-state index contributed by atoms with van der Waals surface area (Å²) < 4.78 is 78.1. The monoisotopic (exact) mass is 415 g/mol. The van der Waals surface area contributed by atoms with Crippen LogP contribution in [-0.2, 0) is 16.2 Å². The second-order valence-electron chi connectivity index (χ2n) is 6.38. The van der Waals surface area contributed by atoms with Gasteiger partial charge in [0.05, 0.1) is 30.7 Å². The van der Waals surface area contributed by atoms with Crippen molar-refractivity contribution in [1.82, 2.24) is 4.31 Å². The molecule has 28 heavy (non-hydrogen) atoms. The Balaban J connectivity index is 2.04. The minimum atomic E-state index is -4.56. The normalized spacial score (nSPS) is 18.2. The van der Waals surface area contributed by atoms with E-state index in [1.165, 1.54) is 50.6 Å². The molecule has 1 aliphatic heterocycles. The molecule has 0 saturated carbocycles. The number of nitrogens with zero attached hydrogens (tertiary/aromatic N) is 1. The zero-order valence-electron chi connectivity index (χ0n) is 15.4. The van der Waals surface area contributed by atoms with Crippen molar-refractivity contribution in [3.05, 3.63) is 53.6 Å². The van der Waals surface area contributed by atoms with Crippen molar-refractivity contribution in [1.29, 1.82) is 0 Å². The Morgan fingerprint density at radius 2 is 1.71 bits per heavy atom. The molecule has 152 valence electrons. The van der Waals surface area contributed by atoms with Crippen LogP contribution in [0.5, 0.6) is 11.5 Å². The van der Waals surface area contributed by atoms with E-state index in [2.05, 4.69) is 0 Å². The van der Waals surface area contributed by atoms with Crippen LogP contribution in [0, 0.1) is 0 Å². The molecule has 9 heteroatoms. The quantitative estimate of drug-likeness (QED) is 0.733. The molecule has 0 aliphatic carbocycles. The summed E-state index contributed by atoms with van der Waals surface area (Å²) in [5.74, 6) is 0.594. The van der Waals surface area contributed by atoms with E-state index in [4.69, 9.17) is 9.47 Å². The molecule has 0 N–H and O–H groups in total. The first-order valence-corrected chi connectivity index (χ1v) is 10.0. The maximum atomic E-state index is 13.4. The van der Waals surface area contributed by atoms with Crippen LogP contribution in [0.1, 0.15) is 30.0 Å². The Morgan fingerprint density at radius 3 is 2.36 bits per heavy atom. The molecular formula is C19H20F3NO4S. The summed E-state index contributed by atoms with van der Waals surface area (Å²) in [6.07, 6.45) is -3.76. The van der Waals surface area contributed by atoms with Crippen LogP contribution in [0.2, 0.25) is 0 Å². The fraction of sp³-hybridized carbons (Fsp3) is 0.368. The highest BCUT2D eigenvalue weighted by Gasteiger charge is 2.41. The standard InChI is InChI=1S/C19H20F3NO4S/c1-26-17-10-9-13(12-18(17)27-2)28(24,25)23-11-5-8-16(23)14-6-3-4-7-15(14)19(20,21)22/h3-4,6-7,9-10,12,16H,5,8,11H2,1-2H3. The molecule has 0 radical (unpaired) electrons. The van der Waals surface area contributed by atoms with Crippen molar-refractivity contribution in [2.75, 3.05) is 20.8 Å². The number of alkyl halides is 3. The van der Waals surface area contributed by atoms with Crippen molar-refractivity contribution < 1.29 is 31.1 Å². The molecule has 2 aromatic carbocycles. The summed E-state index contributed by atoms with van der Waals surface area (Å²) in [6, 6.07) is 8.38. The van der Waals surface area contributed by atoms with Crippen molar-refractivity contribution >= 4 is 10.0 Å². The van der Waals surface area contributed by atoms with E-state index in [1.807, 2.05) is 0 Å². The third kappa shape index (κ3) is 3.68. The summed E-state index contributed by atoms with van der Waals surface area (Å²) in [7, 11) is -1.22. The molecule has 1 unspecified atom stereocenters. The topological polar surface area (TPSA) is 55.8 Å². The second kappa shape index (κ2) is 7.63. The predicted molar refractivity (Wildman–Crippen MR) is 96.9 cm³/mol. The number of benzene rings is 2. The first kappa shape index (κ1) is 20.5. The van der Waals surface area contributed by atoms with Crippen molar-refractivity contribution in [2.45, 2.75) is 30.0 Å². The minimum absolute atomic E-state index is 0.0310. The van der Waals surface area contributed by atoms with Gasteiger partial charge in [0, 0.05) is 12.6 Å². The Morgan fingerprint density at radius 1 is 1.04 bits per heavy atom. The number of rotatable bonds is 5. The van der Waals surface area contributed by atoms with Crippen LogP contribution in [0.25, 0.3) is 0 Å². The fourth-order valence-electron chi connectivity index (χ4n) is 3.50. The van der Waals surface area contributed by atoms with Crippen LogP contribution in [0.3, 0.4) is 0 Å². The Kier molecular flexibility index (Phi) is 5.58. The SMILES string of the molecule is COc1ccc(S(=O)(=O)N2CCCC2c2ccccc2C(F)(F)F)cc1OC. The van der Waals surface area contributed by atoms with E-state index in [0.717, 1.165) is 10.4 Å². The maximum absolute atomic E-state index is 13.4. The zero-order valence-corrected chi connectivity index (χ0v) is 16.2. The minimum Gasteiger partial charge on any atom is -0.493 e. The van der Waals surface area contributed by atoms with Crippen LogP contribution in [-0.4, -0.2) is 33.5 Å². The lowest BCUT2D eigenvalue weighted by Crippen LogP contribution is -2.31. The van der Waals surface area contributed by atoms with Gasteiger partial charge in [0.25, 0.3) is 0 Å². The van der Waals surface area contributed by atoms with Crippen LogP contribution >= 0.6 is 0 Å². The third-order valence-electron chi connectivity index (χ3n) is 4.79. The summed E-state index contributed by atoms with van der Waals surface area (Å²) in [6.45, 7) is 0.146. The summed E-state index contributed by atoms with van der Waals surface area (Å²) in [5, 5.41) is 0. The zero-order chi connectivity index (χ0) is 20.5. The summed E-state index contributed by atoms with van der Waals surface area (Å²) in [4.78, 5) is -0.0541. The predicted octanol–water partition coefficient (Wildman–Crippen LogP) is 4.25. The number of hydrogen-bond acceptors (Lipinski definition) is 4. The number of methoxy groups -OCH3 is 2. The second-order valence-corrected chi connectivity index (χ2v) is 8.27. The third-order valence-corrected chi connectivity index (χ3v) is 6.69. The highest BCUT2D eigenvalue weighted by molar-refractivity contribution is 7.89. The summed E-state index contributed by atoms with van der Waals surface area (Å²) in [5.41, 5.74) is -0.842. The lowest BCUT2D eigenvalue weighted by atomic mass is 9.99. The molecular weight excluding hydrogens is 395 g/mol.